The van der Waals surface area contributed by atoms with E-state index in [9.17, 15) is 4.79 Å². The van der Waals surface area contributed by atoms with Crippen molar-refractivity contribution in [3.8, 4) is 5.69 Å². The summed E-state index contributed by atoms with van der Waals surface area (Å²) in [6.07, 6.45) is 10.5. The molecule has 1 aromatic carbocycles. The van der Waals surface area contributed by atoms with Crippen LogP contribution in [0.2, 0.25) is 0 Å². The number of amides is 1. The first-order valence-corrected chi connectivity index (χ1v) is 9.82. The van der Waals surface area contributed by atoms with Crippen molar-refractivity contribution in [2.24, 2.45) is 0 Å². The number of hydrogen-bond acceptors (Lipinski definition) is 2. The Morgan fingerprint density at radius 1 is 1.15 bits per heavy atom. The van der Waals surface area contributed by atoms with Gasteiger partial charge < -0.3 is 9.88 Å². The van der Waals surface area contributed by atoms with Crippen LogP contribution < -0.4 is 5.32 Å². The lowest BCUT2D eigenvalue weighted by Gasteiger charge is -2.28. The lowest BCUT2D eigenvalue weighted by Crippen LogP contribution is -2.35. The zero-order valence-electron chi connectivity index (χ0n) is 16.3. The number of nitrogens with one attached hydrogen (secondary N) is 1. The van der Waals surface area contributed by atoms with E-state index in [0.29, 0.717) is 12.0 Å². The number of hydrogen-bond donors (Lipinski definition) is 1. The van der Waals surface area contributed by atoms with Gasteiger partial charge in [-0.25, -0.2) is 0 Å². The Morgan fingerprint density at radius 2 is 1.93 bits per heavy atom. The zero-order valence-corrected chi connectivity index (χ0v) is 16.3. The molecule has 1 amide bonds. The molecular formula is C23H27N3O. The number of carbonyl (C=O) groups is 1. The minimum Gasteiger partial charge on any atom is -0.354 e. The van der Waals surface area contributed by atoms with Crippen molar-refractivity contribution in [3.05, 3.63) is 59.5 Å². The van der Waals surface area contributed by atoms with Crippen molar-refractivity contribution in [2.75, 3.05) is 0 Å². The van der Waals surface area contributed by atoms with Crippen LogP contribution >= 0.6 is 0 Å². The summed E-state index contributed by atoms with van der Waals surface area (Å²) >= 11 is 0. The van der Waals surface area contributed by atoms with E-state index < -0.39 is 0 Å². The summed E-state index contributed by atoms with van der Waals surface area (Å²) in [7, 11) is 0. The van der Waals surface area contributed by atoms with E-state index in [1.54, 1.807) is 6.92 Å². The van der Waals surface area contributed by atoms with Crippen molar-refractivity contribution in [2.45, 2.75) is 58.4 Å². The first-order chi connectivity index (χ1) is 13.0. The van der Waals surface area contributed by atoms with Gasteiger partial charge in [-0.15, -0.1) is 0 Å². The molecule has 3 aromatic rings. The summed E-state index contributed by atoms with van der Waals surface area (Å²) in [6, 6.07) is 9.07. The van der Waals surface area contributed by atoms with Crippen LogP contribution in [-0.2, 0) is 4.79 Å². The third-order valence-electron chi connectivity index (χ3n) is 5.82. The van der Waals surface area contributed by atoms with Gasteiger partial charge >= 0.3 is 0 Å². The van der Waals surface area contributed by atoms with E-state index >= 15 is 0 Å². The molecule has 0 spiro atoms. The van der Waals surface area contributed by atoms with E-state index in [-0.39, 0.29) is 5.91 Å². The van der Waals surface area contributed by atoms with Gasteiger partial charge in [0.25, 0.3) is 0 Å². The van der Waals surface area contributed by atoms with E-state index in [4.69, 9.17) is 0 Å². The molecule has 27 heavy (non-hydrogen) atoms. The third kappa shape index (κ3) is 3.48. The number of fused-ring (bicyclic) bond motifs is 1. The summed E-state index contributed by atoms with van der Waals surface area (Å²) in [6.45, 7) is 5.91. The maximum Gasteiger partial charge on any atom is 0.217 e. The summed E-state index contributed by atoms with van der Waals surface area (Å²) < 4.78 is 2.30. The van der Waals surface area contributed by atoms with Gasteiger partial charge in [0.05, 0.1) is 11.7 Å². The molecule has 4 rings (SSSR count). The molecule has 0 bridgehead atoms. The molecule has 0 saturated heterocycles. The molecule has 0 radical (unpaired) electrons. The summed E-state index contributed by atoms with van der Waals surface area (Å²) in [5.74, 6) is 0.614. The molecule has 1 saturated carbocycles. The Morgan fingerprint density at radius 3 is 2.63 bits per heavy atom. The molecule has 140 valence electrons. The van der Waals surface area contributed by atoms with Crippen molar-refractivity contribution < 1.29 is 4.79 Å². The minimum atomic E-state index is 0.0796. The van der Waals surface area contributed by atoms with Crippen molar-refractivity contribution in [1.82, 2.24) is 14.9 Å². The smallest absolute Gasteiger partial charge is 0.217 e. The Kier molecular flexibility index (Phi) is 4.73. The van der Waals surface area contributed by atoms with Crippen molar-refractivity contribution in [3.63, 3.8) is 0 Å². The molecule has 4 nitrogen and oxygen atoms in total. The SMILES string of the molecule is CC(=O)NC1CCC(c2cn(-c3ccc(C)cc3C)c3cnccc23)CC1. The highest BCUT2D eigenvalue weighted by molar-refractivity contribution is 5.85. The van der Waals surface area contributed by atoms with Crippen LogP contribution in [0.25, 0.3) is 16.6 Å². The van der Waals surface area contributed by atoms with Gasteiger partial charge in [-0.3, -0.25) is 9.78 Å². The van der Waals surface area contributed by atoms with Gasteiger partial charge in [0.15, 0.2) is 0 Å². The van der Waals surface area contributed by atoms with Crippen LogP contribution in [-0.4, -0.2) is 21.5 Å². The lowest BCUT2D eigenvalue weighted by atomic mass is 9.81. The Balaban J connectivity index is 1.70. The fourth-order valence-electron chi connectivity index (χ4n) is 4.54. The van der Waals surface area contributed by atoms with Gasteiger partial charge in [0.1, 0.15) is 0 Å². The number of benzene rings is 1. The standard InChI is InChI=1S/C23H27N3O/c1-15-4-9-22(16(2)12-15)26-14-21(20-10-11-24-13-23(20)26)18-5-7-19(8-6-18)25-17(3)27/h4,9-14,18-19H,5-8H2,1-3H3,(H,25,27). The second kappa shape index (κ2) is 7.18. The molecule has 1 aliphatic carbocycles. The topological polar surface area (TPSA) is 46.9 Å². The largest absolute Gasteiger partial charge is 0.354 e. The summed E-state index contributed by atoms with van der Waals surface area (Å²) in [5.41, 5.74) is 6.35. The van der Waals surface area contributed by atoms with Gasteiger partial charge in [-0.05, 0) is 68.7 Å². The van der Waals surface area contributed by atoms with Crippen molar-refractivity contribution in [1.29, 1.82) is 0 Å². The molecule has 0 aliphatic heterocycles. The second-order valence-electron chi connectivity index (χ2n) is 7.89. The van der Waals surface area contributed by atoms with Crippen LogP contribution in [0.5, 0.6) is 0 Å². The molecule has 0 unspecified atom stereocenters. The monoisotopic (exact) mass is 361 g/mol. The second-order valence-corrected chi connectivity index (χ2v) is 7.89. The minimum absolute atomic E-state index is 0.0796. The average molecular weight is 361 g/mol. The molecular weight excluding hydrogens is 334 g/mol. The van der Waals surface area contributed by atoms with Gasteiger partial charge in [-0.2, -0.15) is 0 Å². The quantitative estimate of drug-likeness (QED) is 0.728. The van der Waals surface area contributed by atoms with E-state index in [1.165, 1.54) is 33.3 Å². The number of carbonyl (C=O) groups excluding carboxylic acids is 1. The highest BCUT2D eigenvalue weighted by Crippen LogP contribution is 2.38. The fraction of sp³-hybridized carbons (Fsp3) is 0.391. The molecule has 2 heterocycles. The van der Waals surface area contributed by atoms with Crippen LogP contribution in [0, 0.1) is 13.8 Å². The van der Waals surface area contributed by atoms with Crippen LogP contribution in [0.4, 0.5) is 0 Å². The van der Waals surface area contributed by atoms with Crippen LogP contribution in [0.15, 0.2) is 42.9 Å². The molecule has 1 fully saturated rings. The first kappa shape index (κ1) is 17.8. The van der Waals surface area contributed by atoms with Gasteiger partial charge in [0.2, 0.25) is 5.91 Å². The Hall–Kier alpha value is -2.62. The van der Waals surface area contributed by atoms with Gasteiger partial charge in [0, 0.05) is 36.4 Å². The molecule has 0 atom stereocenters. The van der Waals surface area contributed by atoms with Gasteiger partial charge in [-0.1, -0.05) is 17.7 Å². The first-order valence-electron chi connectivity index (χ1n) is 9.82. The number of rotatable bonds is 3. The van der Waals surface area contributed by atoms with E-state index in [2.05, 4.69) is 59.2 Å². The maximum atomic E-state index is 11.3. The number of nitrogens with zero attached hydrogens (tertiary/aromatic N) is 2. The molecule has 1 N–H and O–H groups in total. The highest BCUT2D eigenvalue weighted by Gasteiger charge is 2.25. The molecule has 1 aliphatic rings. The number of aryl methyl sites for hydroxylation is 2. The Labute approximate surface area is 160 Å². The Bertz CT molecular complexity index is 980. The predicted octanol–water partition coefficient (Wildman–Crippen LogP) is 4.80. The summed E-state index contributed by atoms with van der Waals surface area (Å²) in [4.78, 5) is 15.7. The fourth-order valence-corrected chi connectivity index (χ4v) is 4.54. The predicted molar refractivity (Wildman–Crippen MR) is 109 cm³/mol. The number of pyridine rings is 1. The number of aromatic nitrogens is 2. The van der Waals surface area contributed by atoms with E-state index in [1.807, 2.05) is 12.4 Å². The van der Waals surface area contributed by atoms with Crippen molar-refractivity contribution >= 4 is 16.8 Å². The third-order valence-corrected chi connectivity index (χ3v) is 5.82. The van der Waals surface area contributed by atoms with Crippen LogP contribution in [0.3, 0.4) is 0 Å². The zero-order chi connectivity index (χ0) is 19.0. The molecule has 2 aromatic heterocycles. The summed E-state index contributed by atoms with van der Waals surface area (Å²) in [5, 5.41) is 4.38. The normalized spacial score (nSPS) is 20.0. The van der Waals surface area contributed by atoms with Crippen LogP contribution in [0.1, 0.15) is 55.2 Å². The average Bonchev–Trinajstić information content (AvgIpc) is 3.01. The molecule has 4 heteroatoms. The van der Waals surface area contributed by atoms with E-state index in [0.717, 1.165) is 25.7 Å². The maximum absolute atomic E-state index is 11.3. The lowest BCUT2D eigenvalue weighted by molar-refractivity contribution is -0.119. The highest BCUT2D eigenvalue weighted by atomic mass is 16.1.